The first kappa shape index (κ1) is 26.6. The second kappa shape index (κ2) is 12.2. The molecule has 1 atom stereocenters. The van der Waals surface area contributed by atoms with Crippen LogP contribution in [0.25, 0.3) is 22.7 Å². The van der Waals surface area contributed by atoms with Crippen molar-refractivity contribution in [3.05, 3.63) is 95.4 Å². The van der Waals surface area contributed by atoms with Gasteiger partial charge in [-0.05, 0) is 80.7 Å². The predicted octanol–water partition coefficient (Wildman–Crippen LogP) is 8.75. The molecule has 3 heterocycles. The van der Waals surface area contributed by atoms with Crippen LogP contribution < -0.4 is 4.90 Å². The van der Waals surface area contributed by atoms with Gasteiger partial charge in [-0.1, -0.05) is 78.6 Å². The molecule has 0 bridgehead atoms. The smallest absolute Gasteiger partial charge is 0.159 e. The SMILES string of the molecule is CCCC1=CC(=O)CC2=CCCN(c3ccnn4cc(-c5ccc(/C=C6\CC/C=C/CCC6)cc5)cc34)C[C@H]2C1. The number of hydrogen-bond acceptors (Lipinski definition) is 3. The van der Waals surface area contributed by atoms with Crippen LogP contribution in [0.15, 0.2) is 89.8 Å². The second-order valence-corrected chi connectivity index (χ2v) is 11.7. The van der Waals surface area contributed by atoms with Gasteiger partial charge in [-0.25, -0.2) is 4.52 Å². The molecule has 0 unspecified atom stereocenters. The van der Waals surface area contributed by atoms with E-state index in [0.29, 0.717) is 12.3 Å². The highest BCUT2D eigenvalue weighted by atomic mass is 16.1. The van der Waals surface area contributed by atoms with E-state index in [0.717, 1.165) is 50.7 Å². The maximum Gasteiger partial charge on any atom is 0.159 e. The number of carbonyl (C=O) groups is 1. The van der Waals surface area contributed by atoms with Gasteiger partial charge in [0.2, 0.25) is 0 Å². The molecule has 2 aliphatic carbocycles. The van der Waals surface area contributed by atoms with E-state index in [1.165, 1.54) is 59.2 Å². The minimum atomic E-state index is 0.275. The fraction of sp³-hybridized carbons (Fsp3) is 0.389. The molecule has 2 aromatic heterocycles. The Kier molecular flexibility index (Phi) is 8.13. The van der Waals surface area contributed by atoms with Crippen LogP contribution in [0, 0.1) is 5.92 Å². The van der Waals surface area contributed by atoms with Crippen molar-refractivity contribution in [3.8, 4) is 11.1 Å². The average Bonchev–Trinajstić information content (AvgIpc) is 3.20. The maximum atomic E-state index is 12.6. The molecule has 0 radical (unpaired) electrons. The summed E-state index contributed by atoms with van der Waals surface area (Å²) in [6.45, 7) is 4.10. The van der Waals surface area contributed by atoms with Crippen molar-refractivity contribution in [2.24, 2.45) is 5.92 Å². The van der Waals surface area contributed by atoms with E-state index in [2.05, 4.69) is 83.8 Å². The summed E-state index contributed by atoms with van der Waals surface area (Å²) in [7, 11) is 0. The molecule has 1 aliphatic heterocycles. The highest BCUT2D eigenvalue weighted by Crippen LogP contribution is 2.35. The van der Waals surface area contributed by atoms with Gasteiger partial charge in [0.05, 0.1) is 11.2 Å². The summed E-state index contributed by atoms with van der Waals surface area (Å²) in [6.07, 6.45) is 26.0. The highest BCUT2D eigenvalue weighted by molar-refractivity contribution is 5.92. The zero-order valence-corrected chi connectivity index (χ0v) is 23.8. The highest BCUT2D eigenvalue weighted by Gasteiger charge is 2.27. The van der Waals surface area contributed by atoms with Crippen LogP contribution in [0.3, 0.4) is 0 Å². The quantitative estimate of drug-likeness (QED) is 0.309. The Labute approximate surface area is 238 Å². The van der Waals surface area contributed by atoms with Gasteiger partial charge >= 0.3 is 0 Å². The van der Waals surface area contributed by atoms with Crippen LogP contribution >= 0.6 is 0 Å². The standard InChI is InChI=1S/C36H41N3O/c1-2-9-29-21-32-25-38(19-8-12-31(32)23-34(40)22-29)35-17-18-37-39-26-33(24-36(35)39)30-15-13-28(14-16-30)20-27-10-6-4-3-5-7-11-27/h3-4,12-18,20,22,24,26,32H,2,5-11,19,21,23,25H2,1H3/b4-3+,27-20+/t32-/m1/s1. The first-order chi connectivity index (χ1) is 19.7. The fourth-order valence-corrected chi connectivity index (χ4v) is 6.68. The van der Waals surface area contributed by atoms with E-state index < -0.39 is 0 Å². The van der Waals surface area contributed by atoms with Crippen LogP contribution in [0.1, 0.15) is 76.7 Å². The van der Waals surface area contributed by atoms with E-state index in [4.69, 9.17) is 0 Å². The Morgan fingerprint density at radius 2 is 1.90 bits per heavy atom. The lowest BCUT2D eigenvalue weighted by Crippen LogP contribution is -2.30. The van der Waals surface area contributed by atoms with Gasteiger partial charge in [-0.15, -0.1) is 0 Å². The van der Waals surface area contributed by atoms with E-state index in [-0.39, 0.29) is 5.78 Å². The van der Waals surface area contributed by atoms with E-state index in [1.54, 1.807) is 5.57 Å². The molecule has 6 rings (SSSR count). The van der Waals surface area contributed by atoms with Gasteiger partial charge in [-0.3, -0.25) is 4.79 Å². The molecule has 0 saturated heterocycles. The van der Waals surface area contributed by atoms with Gasteiger partial charge in [-0.2, -0.15) is 5.10 Å². The third-order valence-electron chi connectivity index (χ3n) is 8.70. The summed E-state index contributed by atoms with van der Waals surface area (Å²) >= 11 is 0. The molecule has 206 valence electrons. The molecule has 0 N–H and O–H groups in total. The summed E-state index contributed by atoms with van der Waals surface area (Å²) < 4.78 is 2.03. The molecule has 1 aromatic carbocycles. The number of rotatable bonds is 5. The first-order valence-corrected chi connectivity index (χ1v) is 15.2. The summed E-state index contributed by atoms with van der Waals surface area (Å²) in [5, 5.41) is 4.67. The molecule has 40 heavy (non-hydrogen) atoms. The number of carbonyl (C=O) groups excluding carboxylic acids is 1. The molecule has 0 amide bonds. The topological polar surface area (TPSA) is 37.6 Å². The molecule has 3 aliphatic rings. The second-order valence-electron chi connectivity index (χ2n) is 11.7. The zero-order chi connectivity index (χ0) is 27.3. The molecule has 0 fully saturated rings. The zero-order valence-electron chi connectivity index (χ0n) is 23.8. The summed E-state index contributed by atoms with van der Waals surface area (Å²) in [5.74, 6) is 0.669. The average molecular weight is 532 g/mol. The van der Waals surface area contributed by atoms with Crippen molar-refractivity contribution in [2.45, 2.75) is 71.1 Å². The fourth-order valence-electron chi connectivity index (χ4n) is 6.68. The third kappa shape index (κ3) is 6.06. The molecule has 0 saturated carbocycles. The van der Waals surface area contributed by atoms with Crippen molar-refractivity contribution in [1.29, 1.82) is 0 Å². The largest absolute Gasteiger partial charge is 0.369 e. The number of allylic oxidation sites excluding steroid dienone is 5. The molecular formula is C36H41N3O. The Morgan fingerprint density at radius 3 is 2.77 bits per heavy atom. The molecular weight excluding hydrogens is 490 g/mol. The number of aromatic nitrogens is 2. The van der Waals surface area contributed by atoms with Crippen molar-refractivity contribution in [3.63, 3.8) is 0 Å². The van der Waals surface area contributed by atoms with E-state index in [9.17, 15) is 4.79 Å². The normalized spacial score (nSPS) is 22.1. The van der Waals surface area contributed by atoms with Gasteiger partial charge < -0.3 is 4.90 Å². The lowest BCUT2D eigenvalue weighted by Gasteiger charge is -2.28. The summed E-state index contributed by atoms with van der Waals surface area (Å²) in [6, 6.07) is 13.4. The Morgan fingerprint density at radius 1 is 1.02 bits per heavy atom. The summed E-state index contributed by atoms with van der Waals surface area (Å²) in [5.41, 5.74) is 10.3. The third-order valence-corrected chi connectivity index (χ3v) is 8.70. The molecule has 4 heteroatoms. The van der Waals surface area contributed by atoms with Gasteiger partial charge in [0.25, 0.3) is 0 Å². The molecule has 3 aromatic rings. The van der Waals surface area contributed by atoms with Gasteiger partial charge in [0, 0.05) is 43.4 Å². The lowest BCUT2D eigenvalue weighted by atomic mass is 9.90. The minimum Gasteiger partial charge on any atom is -0.369 e. The van der Waals surface area contributed by atoms with E-state index in [1.807, 2.05) is 16.8 Å². The van der Waals surface area contributed by atoms with Gasteiger partial charge in [0.1, 0.15) is 0 Å². The van der Waals surface area contributed by atoms with E-state index >= 15 is 0 Å². The van der Waals surface area contributed by atoms with Crippen LogP contribution in [0.4, 0.5) is 5.69 Å². The molecule has 0 spiro atoms. The van der Waals surface area contributed by atoms with Crippen LogP contribution in [-0.2, 0) is 4.79 Å². The number of ketones is 1. The van der Waals surface area contributed by atoms with Crippen LogP contribution in [0.5, 0.6) is 0 Å². The Hall–Kier alpha value is -3.66. The van der Waals surface area contributed by atoms with Crippen molar-refractivity contribution >= 4 is 23.1 Å². The van der Waals surface area contributed by atoms with Crippen LogP contribution in [-0.4, -0.2) is 28.5 Å². The van der Waals surface area contributed by atoms with Crippen molar-refractivity contribution < 1.29 is 4.79 Å². The molecule has 4 nitrogen and oxygen atoms in total. The number of anilines is 1. The van der Waals surface area contributed by atoms with Gasteiger partial charge in [0.15, 0.2) is 5.78 Å². The van der Waals surface area contributed by atoms with Crippen molar-refractivity contribution in [1.82, 2.24) is 9.61 Å². The predicted molar refractivity (Wildman–Crippen MR) is 166 cm³/mol. The Balaban J connectivity index is 1.23. The Bertz CT molecular complexity index is 1480. The first-order valence-electron chi connectivity index (χ1n) is 15.2. The lowest BCUT2D eigenvalue weighted by molar-refractivity contribution is -0.114. The summed E-state index contributed by atoms with van der Waals surface area (Å²) in [4.78, 5) is 15.1. The number of benzene rings is 1. The maximum absolute atomic E-state index is 12.6. The van der Waals surface area contributed by atoms with Crippen molar-refractivity contribution in [2.75, 3.05) is 18.0 Å². The number of nitrogens with zero attached hydrogens (tertiary/aromatic N) is 3. The monoisotopic (exact) mass is 531 g/mol. The minimum absolute atomic E-state index is 0.275. The number of fused-ring (bicyclic) bond motifs is 2. The number of hydrogen-bond donors (Lipinski definition) is 0. The van der Waals surface area contributed by atoms with Crippen LogP contribution in [0.2, 0.25) is 0 Å².